The molecule has 1 fully saturated rings. The van der Waals surface area contributed by atoms with Crippen LogP contribution in [0.2, 0.25) is 0 Å². The van der Waals surface area contributed by atoms with E-state index in [0.717, 1.165) is 24.9 Å². The highest BCUT2D eigenvalue weighted by Gasteiger charge is 2.22. The second-order valence-electron chi connectivity index (χ2n) is 5.23. The lowest BCUT2D eigenvalue weighted by Crippen LogP contribution is -2.34. The molecule has 0 spiro atoms. The fraction of sp³-hybridized carbons (Fsp3) is 0.600. The molecular weight excluding hydrogens is 232 g/mol. The Bertz CT molecular complexity index is 388. The van der Waals surface area contributed by atoms with Crippen LogP contribution in [0.3, 0.4) is 0 Å². The molecule has 100 valence electrons. The lowest BCUT2D eigenvalue weighted by molar-refractivity contribution is 0.259. The molecule has 0 saturated heterocycles. The number of halogens is 2. The van der Waals surface area contributed by atoms with Crippen molar-refractivity contribution in [3.05, 3.63) is 35.4 Å². The van der Waals surface area contributed by atoms with Crippen molar-refractivity contribution >= 4 is 0 Å². The van der Waals surface area contributed by atoms with Gasteiger partial charge in [-0.2, -0.15) is 0 Å². The van der Waals surface area contributed by atoms with Gasteiger partial charge in [-0.25, -0.2) is 8.78 Å². The van der Waals surface area contributed by atoms with E-state index in [2.05, 4.69) is 12.2 Å². The van der Waals surface area contributed by atoms with Crippen molar-refractivity contribution in [1.29, 1.82) is 0 Å². The van der Waals surface area contributed by atoms with Crippen molar-refractivity contribution in [2.75, 3.05) is 6.54 Å². The van der Waals surface area contributed by atoms with E-state index < -0.39 is 11.6 Å². The van der Waals surface area contributed by atoms with E-state index in [9.17, 15) is 8.78 Å². The average Bonchev–Trinajstić information content (AvgIpc) is 2.27. The maximum absolute atomic E-state index is 13.6. The average molecular weight is 253 g/mol. The second kappa shape index (κ2) is 6.28. The molecule has 2 rings (SSSR count). The van der Waals surface area contributed by atoms with Crippen molar-refractivity contribution in [1.82, 2.24) is 5.32 Å². The zero-order valence-corrected chi connectivity index (χ0v) is 10.9. The maximum Gasteiger partial charge on any atom is 0.129 e. The van der Waals surface area contributed by atoms with Crippen molar-refractivity contribution in [2.45, 2.75) is 45.1 Å². The molecule has 1 unspecified atom stereocenters. The zero-order valence-electron chi connectivity index (χ0n) is 10.9. The molecule has 0 amide bonds. The Morgan fingerprint density at radius 1 is 1.33 bits per heavy atom. The smallest absolute Gasteiger partial charge is 0.129 e. The van der Waals surface area contributed by atoms with Crippen LogP contribution in [0.5, 0.6) is 0 Å². The fourth-order valence-corrected chi connectivity index (χ4v) is 2.61. The van der Waals surface area contributed by atoms with E-state index in [1.54, 1.807) is 6.07 Å². The normalized spacial score (nSPS) is 17.5. The first-order valence-corrected chi connectivity index (χ1v) is 6.86. The Kier molecular flexibility index (Phi) is 4.70. The molecular formula is C15H21F2N. The summed E-state index contributed by atoms with van der Waals surface area (Å²) in [7, 11) is 0. The van der Waals surface area contributed by atoms with Gasteiger partial charge in [0.1, 0.15) is 11.6 Å². The fourth-order valence-electron chi connectivity index (χ4n) is 2.61. The van der Waals surface area contributed by atoms with Crippen LogP contribution in [0.1, 0.15) is 38.2 Å². The van der Waals surface area contributed by atoms with E-state index in [-0.39, 0.29) is 0 Å². The lowest BCUT2D eigenvalue weighted by Gasteiger charge is -2.30. The van der Waals surface area contributed by atoms with Crippen molar-refractivity contribution in [3.63, 3.8) is 0 Å². The highest BCUT2D eigenvalue weighted by atomic mass is 19.1. The number of hydrogen-bond donors (Lipinski definition) is 1. The molecule has 0 heterocycles. The van der Waals surface area contributed by atoms with Gasteiger partial charge in [-0.05, 0) is 36.9 Å². The molecule has 1 aliphatic rings. The summed E-state index contributed by atoms with van der Waals surface area (Å²) in [6, 6.07) is 4.18. The van der Waals surface area contributed by atoms with Crippen LogP contribution < -0.4 is 5.32 Å². The number of likely N-dealkylation sites (N-methyl/N-ethyl adjacent to an activating group) is 1. The highest BCUT2D eigenvalue weighted by molar-refractivity contribution is 5.19. The zero-order chi connectivity index (χ0) is 13.0. The molecule has 1 aromatic carbocycles. The summed E-state index contributed by atoms with van der Waals surface area (Å²) in [6.45, 7) is 2.95. The van der Waals surface area contributed by atoms with Gasteiger partial charge in [0, 0.05) is 12.1 Å². The number of rotatable bonds is 6. The highest BCUT2D eigenvalue weighted by Crippen LogP contribution is 2.31. The summed E-state index contributed by atoms with van der Waals surface area (Å²) >= 11 is 0. The van der Waals surface area contributed by atoms with Gasteiger partial charge in [0.05, 0.1) is 0 Å². The minimum atomic E-state index is -0.504. The van der Waals surface area contributed by atoms with Crippen molar-refractivity contribution in [3.8, 4) is 0 Å². The maximum atomic E-state index is 13.6. The van der Waals surface area contributed by atoms with Crippen molar-refractivity contribution < 1.29 is 8.78 Å². The molecule has 1 saturated carbocycles. The first kappa shape index (κ1) is 13.5. The number of nitrogens with one attached hydrogen (secondary N) is 1. The van der Waals surface area contributed by atoms with Crippen molar-refractivity contribution in [2.24, 2.45) is 5.92 Å². The van der Waals surface area contributed by atoms with Gasteiger partial charge >= 0.3 is 0 Å². The summed E-state index contributed by atoms with van der Waals surface area (Å²) < 4.78 is 26.5. The standard InChI is InChI=1S/C15H21F2N/c1-2-18-14(8-11-4-3-5-11)9-12-6-7-13(16)10-15(12)17/h6-7,10-11,14,18H,2-5,8-9H2,1H3. The molecule has 0 aromatic heterocycles. The van der Waals surface area contributed by atoms with Gasteiger partial charge in [-0.3, -0.25) is 0 Å². The predicted molar refractivity (Wildman–Crippen MR) is 69.5 cm³/mol. The Hall–Kier alpha value is -0.960. The van der Waals surface area contributed by atoms with Gasteiger partial charge in [-0.15, -0.1) is 0 Å². The number of hydrogen-bond acceptors (Lipinski definition) is 1. The van der Waals surface area contributed by atoms with Crippen LogP contribution in [0.25, 0.3) is 0 Å². The van der Waals surface area contributed by atoms with E-state index in [1.807, 2.05) is 0 Å². The summed E-state index contributed by atoms with van der Waals surface area (Å²) in [5, 5.41) is 3.41. The summed E-state index contributed by atoms with van der Waals surface area (Å²) in [4.78, 5) is 0. The van der Waals surface area contributed by atoms with Gasteiger partial charge in [0.25, 0.3) is 0 Å². The van der Waals surface area contributed by atoms with Gasteiger partial charge in [-0.1, -0.05) is 32.3 Å². The van der Waals surface area contributed by atoms with Crippen LogP contribution in [0.4, 0.5) is 8.78 Å². The van der Waals surface area contributed by atoms with E-state index in [0.29, 0.717) is 18.0 Å². The summed E-state index contributed by atoms with van der Waals surface area (Å²) in [5.41, 5.74) is 0.613. The van der Waals surface area contributed by atoms with E-state index >= 15 is 0 Å². The van der Waals surface area contributed by atoms with Gasteiger partial charge in [0.15, 0.2) is 0 Å². The SMILES string of the molecule is CCNC(Cc1ccc(F)cc1F)CC1CCC1. The first-order chi connectivity index (χ1) is 8.69. The molecule has 0 aliphatic heterocycles. The Morgan fingerprint density at radius 3 is 2.67 bits per heavy atom. The summed E-state index contributed by atoms with van der Waals surface area (Å²) in [5.74, 6) is -0.140. The molecule has 0 radical (unpaired) electrons. The Balaban J connectivity index is 1.97. The third kappa shape index (κ3) is 3.52. The van der Waals surface area contributed by atoms with Crippen LogP contribution in [-0.2, 0) is 6.42 Å². The Morgan fingerprint density at radius 2 is 2.11 bits per heavy atom. The largest absolute Gasteiger partial charge is 0.314 e. The van der Waals surface area contributed by atoms with Crippen LogP contribution in [0, 0.1) is 17.6 Å². The third-order valence-electron chi connectivity index (χ3n) is 3.82. The van der Waals surface area contributed by atoms with Gasteiger partial charge < -0.3 is 5.32 Å². The van der Waals surface area contributed by atoms with Gasteiger partial charge in [0.2, 0.25) is 0 Å². The minimum Gasteiger partial charge on any atom is -0.314 e. The molecule has 3 heteroatoms. The summed E-state index contributed by atoms with van der Waals surface area (Å²) in [6.07, 6.45) is 5.68. The molecule has 1 N–H and O–H groups in total. The Labute approximate surface area is 108 Å². The monoisotopic (exact) mass is 253 g/mol. The van der Waals surface area contributed by atoms with Crippen LogP contribution in [-0.4, -0.2) is 12.6 Å². The molecule has 1 atom stereocenters. The molecule has 1 aliphatic carbocycles. The lowest BCUT2D eigenvalue weighted by atomic mass is 9.80. The van der Waals surface area contributed by atoms with Crippen LogP contribution in [0.15, 0.2) is 18.2 Å². The second-order valence-corrected chi connectivity index (χ2v) is 5.23. The number of benzene rings is 1. The predicted octanol–water partition coefficient (Wildman–Crippen LogP) is 3.68. The van der Waals surface area contributed by atoms with E-state index in [1.165, 1.54) is 25.3 Å². The third-order valence-corrected chi connectivity index (χ3v) is 3.82. The molecule has 0 bridgehead atoms. The minimum absolute atomic E-state index is 0.306. The molecule has 1 nitrogen and oxygen atoms in total. The van der Waals surface area contributed by atoms with E-state index in [4.69, 9.17) is 0 Å². The molecule has 18 heavy (non-hydrogen) atoms. The first-order valence-electron chi connectivity index (χ1n) is 6.86. The van der Waals surface area contributed by atoms with Crippen LogP contribution >= 0.6 is 0 Å². The molecule has 1 aromatic rings. The quantitative estimate of drug-likeness (QED) is 0.815. The topological polar surface area (TPSA) is 12.0 Å².